The van der Waals surface area contributed by atoms with Gasteiger partial charge in [0.2, 0.25) is 0 Å². The molecule has 0 unspecified atom stereocenters. The second kappa shape index (κ2) is 7.98. The summed E-state index contributed by atoms with van der Waals surface area (Å²) in [5.74, 6) is 2.88. The van der Waals surface area contributed by atoms with Crippen molar-refractivity contribution in [1.29, 1.82) is 0 Å². The van der Waals surface area contributed by atoms with E-state index in [1.807, 2.05) is 0 Å². The molecule has 2 saturated carbocycles. The van der Waals surface area contributed by atoms with E-state index in [1.54, 1.807) is 0 Å². The molecule has 0 N–H and O–H groups in total. The Morgan fingerprint density at radius 2 is 1.30 bits per heavy atom. The van der Waals surface area contributed by atoms with Crippen LogP contribution in [0, 0.1) is 12.8 Å². The van der Waals surface area contributed by atoms with Crippen LogP contribution in [0.1, 0.15) is 65.5 Å². The molecule has 2 fully saturated rings. The second-order valence-electron chi connectivity index (χ2n) is 12.6. The summed E-state index contributed by atoms with van der Waals surface area (Å²) in [5, 5.41) is 0. The van der Waals surface area contributed by atoms with Crippen molar-refractivity contribution in [2.75, 3.05) is 0 Å². The number of fused-ring (bicyclic) bond motifs is 11. The van der Waals surface area contributed by atoms with Crippen LogP contribution in [0.15, 0.2) is 109 Å². The van der Waals surface area contributed by atoms with Crippen LogP contribution < -0.4 is 4.74 Å². The average Bonchev–Trinajstić information content (AvgIpc) is 3.70. The third-order valence-electron chi connectivity index (χ3n) is 10.6. The SMILES string of the molecule is Cc1cc(-c2cccc(C34CCC(CC3)C4)c2)c2c(c1)C1(c3ccccc3O2)c2ccccc2-c2ccccc21. The van der Waals surface area contributed by atoms with Crippen molar-refractivity contribution in [2.45, 2.75) is 49.9 Å². The molecule has 1 spiro atoms. The van der Waals surface area contributed by atoms with Gasteiger partial charge in [0.25, 0.3) is 0 Å². The number of hydrogen-bond acceptors (Lipinski definition) is 1. The van der Waals surface area contributed by atoms with Gasteiger partial charge >= 0.3 is 0 Å². The van der Waals surface area contributed by atoms with Crippen LogP contribution in [0.5, 0.6) is 11.5 Å². The largest absolute Gasteiger partial charge is 0.456 e. The Labute approximate surface area is 236 Å². The van der Waals surface area contributed by atoms with Crippen molar-refractivity contribution in [3.8, 4) is 33.8 Å². The third kappa shape index (κ3) is 2.83. The first kappa shape index (κ1) is 22.7. The Balaban J connectivity index is 1.34. The molecule has 5 aromatic rings. The summed E-state index contributed by atoms with van der Waals surface area (Å²) in [6.07, 6.45) is 6.83. The highest BCUT2D eigenvalue weighted by Crippen LogP contribution is 2.63. The van der Waals surface area contributed by atoms with Crippen molar-refractivity contribution < 1.29 is 4.74 Å². The molecule has 0 atom stereocenters. The number of ether oxygens (including phenoxy) is 1. The van der Waals surface area contributed by atoms with E-state index in [0.29, 0.717) is 5.41 Å². The highest BCUT2D eigenvalue weighted by molar-refractivity contribution is 5.90. The Morgan fingerprint density at radius 1 is 0.625 bits per heavy atom. The molecule has 1 aliphatic heterocycles. The van der Waals surface area contributed by atoms with Crippen LogP contribution in [0.2, 0.25) is 0 Å². The Kier molecular flexibility index (Phi) is 4.53. The van der Waals surface area contributed by atoms with Crippen LogP contribution in [-0.2, 0) is 10.8 Å². The molecule has 194 valence electrons. The van der Waals surface area contributed by atoms with Gasteiger partial charge in [0, 0.05) is 16.7 Å². The molecule has 40 heavy (non-hydrogen) atoms. The maximum atomic E-state index is 6.96. The van der Waals surface area contributed by atoms with E-state index in [1.165, 1.54) is 87.7 Å². The molecule has 0 radical (unpaired) electrons. The lowest BCUT2D eigenvalue weighted by molar-refractivity contribution is 0.419. The molecular formula is C39H32O. The van der Waals surface area contributed by atoms with Crippen molar-refractivity contribution in [3.05, 3.63) is 143 Å². The maximum absolute atomic E-state index is 6.96. The van der Waals surface area contributed by atoms with Crippen molar-refractivity contribution >= 4 is 0 Å². The molecule has 1 heteroatoms. The van der Waals surface area contributed by atoms with Crippen LogP contribution >= 0.6 is 0 Å². The van der Waals surface area contributed by atoms with Gasteiger partial charge in [-0.3, -0.25) is 0 Å². The van der Waals surface area contributed by atoms with Crippen molar-refractivity contribution in [2.24, 2.45) is 5.92 Å². The minimum atomic E-state index is -0.418. The van der Waals surface area contributed by atoms with E-state index in [9.17, 15) is 0 Å². The Hall–Kier alpha value is -4.10. The summed E-state index contributed by atoms with van der Waals surface area (Å²) < 4.78 is 6.96. The molecule has 1 nitrogen and oxygen atoms in total. The molecule has 0 aromatic heterocycles. The smallest absolute Gasteiger partial charge is 0.140 e. The normalized spacial score (nSPS) is 22.4. The van der Waals surface area contributed by atoms with Gasteiger partial charge in [-0.2, -0.15) is 0 Å². The zero-order chi connectivity index (χ0) is 26.5. The lowest BCUT2D eigenvalue weighted by atomic mass is 9.65. The second-order valence-corrected chi connectivity index (χ2v) is 12.6. The quantitative estimate of drug-likeness (QED) is 0.222. The van der Waals surface area contributed by atoms with Gasteiger partial charge in [-0.15, -0.1) is 0 Å². The lowest BCUT2D eigenvalue weighted by Crippen LogP contribution is -2.32. The van der Waals surface area contributed by atoms with Crippen molar-refractivity contribution in [1.82, 2.24) is 0 Å². The zero-order valence-electron chi connectivity index (χ0n) is 22.9. The predicted molar refractivity (Wildman–Crippen MR) is 162 cm³/mol. The molecule has 9 rings (SSSR count). The first-order valence-electron chi connectivity index (χ1n) is 14.9. The van der Waals surface area contributed by atoms with Crippen LogP contribution in [-0.4, -0.2) is 0 Å². The number of rotatable bonds is 2. The first-order valence-corrected chi connectivity index (χ1v) is 14.9. The van der Waals surface area contributed by atoms with E-state index in [4.69, 9.17) is 4.74 Å². The fourth-order valence-electron chi connectivity index (χ4n) is 8.93. The average molecular weight is 517 g/mol. The highest BCUT2D eigenvalue weighted by atomic mass is 16.5. The number of hydrogen-bond donors (Lipinski definition) is 0. The lowest BCUT2D eigenvalue weighted by Gasteiger charge is -2.40. The number of benzene rings is 5. The van der Waals surface area contributed by atoms with E-state index < -0.39 is 5.41 Å². The van der Waals surface area contributed by atoms with E-state index in [0.717, 1.165) is 17.4 Å². The summed E-state index contributed by atoms with van der Waals surface area (Å²) in [5.41, 5.74) is 13.1. The monoisotopic (exact) mass is 516 g/mol. The summed E-state index contributed by atoms with van der Waals surface area (Å²) >= 11 is 0. The first-order chi connectivity index (χ1) is 19.7. The molecule has 1 heterocycles. The molecule has 2 bridgehead atoms. The van der Waals surface area contributed by atoms with Crippen LogP contribution in [0.3, 0.4) is 0 Å². The molecule has 0 amide bonds. The highest BCUT2D eigenvalue weighted by Gasteiger charge is 2.51. The standard InChI is InChI=1S/C39H32O/c1-25-21-31(27-9-8-10-28(23-27)38-19-17-26(24-38)18-20-38)37-35(22-25)39(34-15-6-7-16-36(34)40-37)32-13-4-2-11-29(32)30-12-3-5-14-33(30)39/h2-16,21-23,26H,17-20,24H2,1H3. The fraction of sp³-hybridized carbons (Fsp3) is 0.231. The fourth-order valence-corrected chi connectivity index (χ4v) is 8.93. The molecular weight excluding hydrogens is 484 g/mol. The zero-order valence-corrected chi connectivity index (χ0v) is 22.9. The number of aryl methyl sites for hydroxylation is 1. The van der Waals surface area contributed by atoms with Gasteiger partial charge in [0.1, 0.15) is 11.5 Å². The van der Waals surface area contributed by atoms with Gasteiger partial charge < -0.3 is 4.74 Å². The molecule has 4 aliphatic rings. The Morgan fingerprint density at radius 3 is 2.00 bits per heavy atom. The minimum absolute atomic E-state index is 0.378. The van der Waals surface area contributed by atoms with E-state index in [2.05, 4.69) is 116 Å². The predicted octanol–water partition coefficient (Wildman–Crippen LogP) is 9.96. The van der Waals surface area contributed by atoms with Gasteiger partial charge in [-0.1, -0.05) is 97.1 Å². The summed E-state index contributed by atoms with van der Waals surface area (Å²) in [6.45, 7) is 2.24. The van der Waals surface area contributed by atoms with Crippen LogP contribution in [0.4, 0.5) is 0 Å². The van der Waals surface area contributed by atoms with Crippen LogP contribution in [0.25, 0.3) is 22.3 Å². The third-order valence-corrected chi connectivity index (χ3v) is 10.6. The summed E-state index contributed by atoms with van der Waals surface area (Å²) in [4.78, 5) is 0. The van der Waals surface area contributed by atoms with Gasteiger partial charge in [-0.05, 0) is 101 Å². The maximum Gasteiger partial charge on any atom is 0.140 e. The molecule has 5 aromatic carbocycles. The minimum Gasteiger partial charge on any atom is -0.456 e. The summed E-state index contributed by atoms with van der Waals surface area (Å²) in [7, 11) is 0. The topological polar surface area (TPSA) is 9.23 Å². The van der Waals surface area contributed by atoms with E-state index in [-0.39, 0.29) is 0 Å². The van der Waals surface area contributed by atoms with Gasteiger partial charge in [0.05, 0.1) is 5.41 Å². The van der Waals surface area contributed by atoms with E-state index >= 15 is 0 Å². The van der Waals surface area contributed by atoms with Gasteiger partial charge in [0.15, 0.2) is 0 Å². The summed E-state index contributed by atoms with van der Waals surface area (Å²) in [6, 6.07) is 40.9. The molecule has 0 saturated heterocycles. The van der Waals surface area contributed by atoms with Gasteiger partial charge in [-0.25, -0.2) is 0 Å². The number of para-hydroxylation sites is 1. The molecule has 3 aliphatic carbocycles. The van der Waals surface area contributed by atoms with Crippen molar-refractivity contribution in [3.63, 3.8) is 0 Å². The Bertz CT molecular complexity index is 1790.